The molecular formula is C35H45N5O4. The maximum atomic E-state index is 14.2. The molecule has 4 aromatic rings. The molecule has 2 heterocycles. The number of nitrogens with zero attached hydrogens (tertiary/aromatic N) is 2. The molecule has 0 aliphatic carbocycles. The quantitative estimate of drug-likeness (QED) is 0.152. The van der Waals surface area contributed by atoms with Gasteiger partial charge in [-0.3, -0.25) is 15.0 Å². The number of aliphatic hydroxyl groups is 2. The van der Waals surface area contributed by atoms with Crippen LogP contribution in [0.5, 0.6) is 5.75 Å². The van der Waals surface area contributed by atoms with Crippen LogP contribution < -0.4 is 15.4 Å². The second-order valence-electron chi connectivity index (χ2n) is 12.0. The van der Waals surface area contributed by atoms with Crippen molar-refractivity contribution in [3.63, 3.8) is 0 Å². The van der Waals surface area contributed by atoms with E-state index in [1.165, 1.54) is 0 Å². The number of amides is 1. The fraction of sp³-hybridized carbons (Fsp3) is 0.400. The molecule has 1 saturated heterocycles. The number of carbonyl (C=O) groups excluding carboxylic acids is 1. The van der Waals surface area contributed by atoms with Gasteiger partial charge in [-0.2, -0.15) is 0 Å². The first-order valence-electron chi connectivity index (χ1n) is 15.4. The van der Waals surface area contributed by atoms with Gasteiger partial charge in [0.2, 0.25) is 5.91 Å². The molecule has 1 aliphatic heterocycles. The van der Waals surface area contributed by atoms with Gasteiger partial charge >= 0.3 is 0 Å². The standard InChI is InChI=1S/C35H45N5O4/c1-5-44-31-16-15-25(23-39(3)4)21-30(31)37-33(41)32(24(2)28-22-36-29-14-10-9-13-27(28)29)38-34(42)40-19-17-35(43,18-20-40)26-11-7-6-8-12-26/h6-16,21-22,24,32,34,36,38,42-43H,5,17-20,23H2,1-4H3,(H,37,41)/t24-,32+,34?/m0/s1. The summed E-state index contributed by atoms with van der Waals surface area (Å²) in [6.45, 7) is 6.03. The Morgan fingerprint density at radius 2 is 1.77 bits per heavy atom. The summed E-state index contributed by atoms with van der Waals surface area (Å²) in [5, 5.41) is 30.2. The van der Waals surface area contributed by atoms with Gasteiger partial charge in [0.15, 0.2) is 6.35 Å². The van der Waals surface area contributed by atoms with E-state index in [4.69, 9.17) is 4.74 Å². The molecule has 1 aromatic heterocycles. The lowest BCUT2D eigenvalue weighted by atomic mass is 9.84. The van der Waals surface area contributed by atoms with Crippen LogP contribution >= 0.6 is 0 Å². The third kappa shape index (κ3) is 7.14. The number of piperidine rings is 1. The Morgan fingerprint density at radius 1 is 1.07 bits per heavy atom. The average molecular weight is 600 g/mol. The van der Waals surface area contributed by atoms with Crippen molar-refractivity contribution in [2.75, 3.05) is 39.1 Å². The van der Waals surface area contributed by atoms with Crippen molar-refractivity contribution < 1.29 is 19.7 Å². The highest BCUT2D eigenvalue weighted by molar-refractivity contribution is 5.97. The average Bonchev–Trinajstić information content (AvgIpc) is 3.45. The number of hydrogen-bond acceptors (Lipinski definition) is 7. The first-order valence-corrected chi connectivity index (χ1v) is 15.4. The van der Waals surface area contributed by atoms with Crippen LogP contribution in [0.15, 0.2) is 79.0 Å². The first kappa shape index (κ1) is 31.7. The maximum Gasteiger partial charge on any atom is 0.242 e. The number of rotatable bonds is 12. The molecule has 9 heteroatoms. The van der Waals surface area contributed by atoms with E-state index in [2.05, 4.69) is 20.5 Å². The van der Waals surface area contributed by atoms with Gasteiger partial charge < -0.3 is 30.2 Å². The Morgan fingerprint density at radius 3 is 2.48 bits per heavy atom. The molecular weight excluding hydrogens is 554 g/mol. The Bertz CT molecular complexity index is 1530. The van der Waals surface area contributed by atoms with Gasteiger partial charge in [-0.25, -0.2) is 0 Å². The van der Waals surface area contributed by atoms with E-state index in [1.807, 2.05) is 112 Å². The Hall–Kier alpha value is -3.73. The number of anilines is 1. The molecule has 0 bridgehead atoms. The number of fused-ring (bicyclic) bond motifs is 1. The van der Waals surface area contributed by atoms with Crippen molar-refractivity contribution in [1.29, 1.82) is 0 Å². The van der Waals surface area contributed by atoms with Crippen molar-refractivity contribution in [2.45, 2.75) is 57.1 Å². The Labute approximate surface area is 259 Å². The molecule has 5 N–H and O–H groups in total. The number of benzene rings is 3. The molecule has 1 aliphatic rings. The number of aromatic nitrogens is 1. The second kappa shape index (κ2) is 13.9. The molecule has 0 saturated carbocycles. The molecule has 5 rings (SSSR count). The minimum atomic E-state index is -1.09. The zero-order chi connectivity index (χ0) is 31.3. The number of nitrogens with one attached hydrogen (secondary N) is 3. The van der Waals surface area contributed by atoms with Crippen LogP contribution in [0.4, 0.5) is 5.69 Å². The lowest BCUT2D eigenvalue weighted by Gasteiger charge is -2.41. The summed E-state index contributed by atoms with van der Waals surface area (Å²) in [7, 11) is 4.00. The van der Waals surface area contributed by atoms with Crippen molar-refractivity contribution in [1.82, 2.24) is 20.1 Å². The molecule has 0 spiro atoms. The minimum Gasteiger partial charge on any atom is -0.492 e. The number of likely N-dealkylation sites (tertiary alicyclic amines) is 1. The largest absolute Gasteiger partial charge is 0.492 e. The van der Waals surface area contributed by atoms with E-state index in [9.17, 15) is 15.0 Å². The van der Waals surface area contributed by atoms with Crippen molar-refractivity contribution in [3.8, 4) is 5.75 Å². The van der Waals surface area contributed by atoms with Crippen LogP contribution in [0.25, 0.3) is 10.9 Å². The highest BCUT2D eigenvalue weighted by Crippen LogP contribution is 2.34. The van der Waals surface area contributed by atoms with Gasteiger partial charge in [0.1, 0.15) is 5.75 Å². The summed E-state index contributed by atoms with van der Waals surface area (Å²) in [6, 6.07) is 22.7. The molecule has 9 nitrogen and oxygen atoms in total. The van der Waals surface area contributed by atoms with Crippen molar-refractivity contribution in [2.24, 2.45) is 0 Å². The molecule has 0 radical (unpaired) electrons. The fourth-order valence-electron chi connectivity index (χ4n) is 6.17. The molecule has 3 atom stereocenters. The number of aliphatic hydroxyl groups excluding tert-OH is 1. The Balaban J connectivity index is 1.39. The summed E-state index contributed by atoms with van der Waals surface area (Å²) < 4.78 is 5.87. The summed E-state index contributed by atoms with van der Waals surface area (Å²) in [4.78, 5) is 21.4. The number of ether oxygens (including phenoxy) is 1. The highest BCUT2D eigenvalue weighted by atomic mass is 16.5. The molecule has 234 valence electrons. The summed E-state index contributed by atoms with van der Waals surface area (Å²) in [5.41, 5.74) is 3.54. The van der Waals surface area contributed by atoms with Crippen LogP contribution in [0.1, 0.15) is 49.3 Å². The third-order valence-corrected chi connectivity index (χ3v) is 8.61. The van der Waals surface area contributed by atoms with Gasteiger partial charge in [-0.15, -0.1) is 0 Å². The topological polar surface area (TPSA) is 113 Å². The van der Waals surface area contributed by atoms with Crippen molar-refractivity contribution in [3.05, 3.63) is 95.7 Å². The van der Waals surface area contributed by atoms with Crippen LogP contribution in [0, 0.1) is 0 Å². The molecule has 44 heavy (non-hydrogen) atoms. The zero-order valence-electron chi connectivity index (χ0n) is 26.1. The molecule has 1 amide bonds. The summed E-state index contributed by atoms with van der Waals surface area (Å²) in [5.74, 6) is 0.0218. The highest BCUT2D eigenvalue weighted by Gasteiger charge is 2.38. The van der Waals surface area contributed by atoms with E-state index in [-0.39, 0.29) is 11.8 Å². The molecule has 3 aromatic carbocycles. The number of hydrogen-bond donors (Lipinski definition) is 5. The van der Waals surface area contributed by atoms with Gasteiger partial charge in [0, 0.05) is 42.7 Å². The monoisotopic (exact) mass is 599 g/mol. The molecule has 1 fully saturated rings. The predicted octanol–water partition coefficient (Wildman–Crippen LogP) is 4.59. The number of carbonyl (C=O) groups is 1. The number of aromatic amines is 1. The van der Waals surface area contributed by atoms with Crippen LogP contribution in [0.3, 0.4) is 0 Å². The van der Waals surface area contributed by atoms with Gasteiger partial charge in [0.25, 0.3) is 0 Å². The van der Waals surface area contributed by atoms with E-state index in [1.54, 1.807) is 0 Å². The smallest absolute Gasteiger partial charge is 0.242 e. The Kier molecular flexibility index (Phi) is 10.0. The van der Waals surface area contributed by atoms with Crippen LogP contribution in [-0.2, 0) is 16.9 Å². The predicted molar refractivity (Wildman–Crippen MR) is 174 cm³/mol. The van der Waals surface area contributed by atoms with Crippen molar-refractivity contribution >= 4 is 22.5 Å². The fourth-order valence-corrected chi connectivity index (χ4v) is 6.17. The normalized spacial score (nSPS) is 17.3. The number of H-pyrrole nitrogens is 1. The SMILES string of the molecule is CCOc1ccc(CN(C)C)cc1NC(=O)[C@H](NC(O)N1CCC(O)(c2ccccc2)CC1)[C@@H](C)c1c[nH]c2ccccc12. The molecule has 1 unspecified atom stereocenters. The maximum absolute atomic E-state index is 14.2. The van der Waals surface area contributed by atoms with E-state index >= 15 is 0 Å². The first-order chi connectivity index (χ1) is 21.2. The lowest BCUT2D eigenvalue weighted by molar-refractivity contribution is -0.124. The van der Waals surface area contributed by atoms with Gasteiger partial charge in [0.05, 0.1) is 23.9 Å². The van der Waals surface area contributed by atoms with Gasteiger partial charge in [-0.1, -0.05) is 61.5 Å². The van der Waals surface area contributed by atoms with Gasteiger partial charge in [-0.05, 0) is 68.8 Å². The van der Waals surface area contributed by atoms with Crippen LogP contribution in [0.2, 0.25) is 0 Å². The van der Waals surface area contributed by atoms with E-state index in [0.29, 0.717) is 50.5 Å². The van der Waals surface area contributed by atoms with Crippen LogP contribution in [-0.4, -0.2) is 77.1 Å². The minimum absolute atomic E-state index is 0.275. The zero-order valence-corrected chi connectivity index (χ0v) is 26.1. The summed E-state index contributed by atoms with van der Waals surface area (Å²) in [6.07, 6.45) is 1.79. The lowest BCUT2D eigenvalue weighted by Crippen LogP contribution is -2.57. The summed E-state index contributed by atoms with van der Waals surface area (Å²) >= 11 is 0. The third-order valence-electron chi connectivity index (χ3n) is 8.61. The number of para-hydroxylation sites is 1. The second-order valence-corrected chi connectivity index (χ2v) is 12.0. The van der Waals surface area contributed by atoms with E-state index in [0.717, 1.165) is 27.6 Å². The van der Waals surface area contributed by atoms with E-state index < -0.39 is 18.0 Å².